The molecule has 2 nitrogen and oxygen atoms in total. The fraction of sp³-hybridized carbons (Fsp3) is 0.500. The van der Waals surface area contributed by atoms with Crippen molar-refractivity contribution in [2.75, 3.05) is 13.3 Å². The van der Waals surface area contributed by atoms with Crippen LogP contribution in [0.2, 0.25) is 0 Å². The normalized spacial score (nSPS) is 11.9. The van der Waals surface area contributed by atoms with E-state index in [4.69, 9.17) is 0 Å². The first kappa shape index (κ1) is 7.96. The Hall–Kier alpha value is -0.140. The molecule has 1 heterocycles. The largest absolute Gasteiger partial charge is 0.318 e. The third-order valence-electron chi connectivity index (χ3n) is 1.16. The smallest absolute Gasteiger partial charge is 0.128 e. The Morgan fingerprint density at radius 1 is 1.60 bits per heavy atom. The van der Waals surface area contributed by atoms with Gasteiger partial charge in [-0.1, -0.05) is 0 Å². The molecule has 0 aliphatic carbocycles. The van der Waals surface area contributed by atoms with Crippen LogP contribution in [-0.4, -0.2) is 18.3 Å². The number of nitrogens with zero attached hydrogens (tertiary/aromatic N) is 1. The van der Waals surface area contributed by atoms with Crippen LogP contribution in [0.5, 0.6) is 0 Å². The molecule has 0 radical (unpaired) electrons. The molecule has 4 heteroatoms. The maximum atomic E-state index is 11.4. The van der Waals surface area contributed by atoms with Crippen molar-refractivity contribution in [2.45, 2.75) is 6.92 Å². The van der Waals surface area contributed by atoms with Gasteiger partial charge in [0, 0.05) is 5.38 Å². The fourth-order valence-corrected chi connectivity index (χ4v) is 2.71. The Morgan fingerprint density at radius 2 is 2.20 bits per heavy atom. The van der Waals surface area contributed by atoms with E-state index in [1.54, 1.807) is 24.7 Å². The lowest BCUT2D eigenvalue weighted by molar-refractivity contribution is 0.588. The Balaban J connectivity index is 3.08. The van der Waals surface area contributed by atoms with E-state index in [1.807, 2.05) is 12.3 Å². The summed E-state index contributed by atoms with van der Waals surface area (Å²) in [5.41, 5.74) is 0.759. The van der Waals surface area contributed by atoms with Gasteiger partial charge in [-0.05, 0) is 20.3 Å². The molecule has 0 saturated carbocycles. The van der Waals surface area contributed by atoms with E-state index in [0.29, 0.717) is 0 Å². The van der Waals surface area contributed by atoms with Crippen molar-refractivity contribution >= 4 is 23.9 Å². The molecule has 0 amide bonds. The highest BCUT2D eigenvalue weighted by atomic mass is 32.1. The summed E-state index contributed by atoms with van der Waals surface area (Å²) in [6, 6.07) is 0. The number of hydrogen-bond donors (Lipinski definition) is 0. The minimum absolute atomic E-state index is 0.759. The van der Waals surface area contributed by atoms with E-state index < -0.39 is 7.14 Å². The van der Waals surface area contributed by atoms with Crippen molar-refractivity contribution in [2.24, 2.45) is 0 Å². The molecule has 56 valence electrons. The second-order valence-electron chi connectivity index (χ2n) is 2.58. The second-order valence-corrected chi connectivity index (χ2v) is 6.80. The summed E-state index contributed by atoms with van der Waals surface area (Å²) in [6.07, 6.45) is 0. The van der Waals surface area contributed by atoms with Gasteiger partial charge >= 0.3 is 0 Å². The first-order valence-corrected chi connectivity index (χ1v) is 6.46. The highest BCUT2D eigenvalue weighted by Gasteiger charge is 2.13. The molecule has 0 spiro atoms. The molecule has 0 unspecified atom stereocenters. The van der Waals surface area contributed by atoms with Gasteiger partial charge < -0.3 is 4.57 Å². The van der Waals surface area contributed by atoms with Crippen LogP contribution >= 0.6 is 18.5 Å². The Bertz CT molecular complexity index is 275. The molecule has 0 fully saturated rings. The molecule has 0 bridgehead atoms. The average Bonchev–Trinajstić information content (AvgIpc) is 2.11. The lowest BCUT2D eigenvalue weighted by Crippen LogP contribution is -2.02. The third-order valence-corrected chi connectivity index (χ3v) is 3.44. The zero-order chi connectivity index (χ0) is 7.78. The zero-order valence-corrected chi connectivity index (χ0v) is 8.00. The fourth-order valence-electron chi connectivity index (χ4n) is 0.599. The molecule has 1 aromatic rings. The Morgan fingerprint density at radius 3 is 2.40 bits per heavy atom. The average molecular weight is 175 g/mol. The molecule has 10 heavy (non-hydrogen) atoms. The van der Waals surface area contributed by atoms with Gasteiger partial charge in [0.1, 0.15) is 12.6 Å². The van der Waals surface area contributed by atoms with Crippen LogP contribution in [-0.2, 0) is 4.57 Å². The van der Waals surface area contributed by atoms with Crippen LogP contribution in [0.25, 0.3) is 0 Å². The van der Waals surface area contributed by atoms with Crippen molar-refractivity contribution in [3.05, 3.63) is 10.4 Å². The van der Waals surface area contributed by atoms with E-state index in [9.17, 15) is 4.57 Å². The van der Waals surface area contributed by atoms with Gasteiger partial charge in [0.15, 0.2) is 0 Å². The van der Waals surface area contributed by atoms with Crippen LogP contribution in [0.4, 0.5) is 0 Å². The van der Waals surface area contributed by atoms with Gasteiger partial charge in [-0.2, -0.15) is 0 Å². The highest BCUT2D eigenvalue weighted by molar-refractivity contribution is 7.70. The predicted octanol–water partition coefficient (Wildman–Crippen LogP) is 1.70. The summed E-state index contributed by atoms with van der Waals surface area (Å²) in [5.74, 6) is 0. The van der Waals surface area contributed by atoms with Crippen molar-refractivity contribution in [3.8, 4) is 0 Å². The van der Waals surface area contributed by atoms with Crippen molar-refractivity contribution < 1.29 is 4.57 Å². The molecule has 0 aliphatic rings. The molecular formula is C6H10NOPS. The summed E-state index contributed by atoms with van der Waals surface area (Å²) < 4.78 is 11.4. The maximum Gasteiger partial charge on any atom is 0.128 e. The summed E-state index contributed by atoms with van der Waals surface area (Å²) in [7, 11) is -2.10. The molecule has 0 aromatic carbocycles. The SMILES string of the molecule is Cc1nc(P(C)(C)=O)cs1. The van der Waals surface area contributed by atoms with Crippen molar-refractivity contribution in [3.63, 3.8) is 0 Å². The number of rotatable bonds is 1. The first-order valence-electron chi connectivity index (χ1n) is 2.98. The van der Waals surface area contributed by atoms with Crippen LogP contribution < -0.4 is 5.44 Å². The van der Waals surface area contributed by atoms with Gasteiger partial charge in [0.25, 0.3) is 0 Å². The van der Waals surface area contributed by atoms with E-state index >= 15 is 0 Å². The molecule has 1 aromatic heterocycles. The molecule has 0 saturated heterocycles. The summed E-state index contributed by atoms with van der Waals surface area (Å²) in [4.78, 5) is 4.14. The Labute approximate surface area is 64.7 Å². The van der Waals surface area contributed by atoms with E-state index in [-0.39, 0.29) is 0 Å². The standard InChI is InChI=1S/C6H10NOPS/c1-5-7-6(4-10-5)9(2,3)8/h4H,1-3H3. The van der Waals surface area contributed by atoms with E-state index in [0.717, 1.165) is 10.4 Å². The minimum atomic E-state index is -2.10. The van der Waals surface area contributed by atoms with Crippen molar-refractivity contribution in [1.82, 2.24) is 4.98 Å². The number of hydrogen-bond acceptors (Lipinski definition) is 3. The Kier molecular flexibility index (Phi) is 1.97. The molecule has 1 rings (SSSR count). The number of thiazole rings is 1. The molecule has 0 aliphatic heterocycles. The minimum Gasteiger partial charge on any atom is -0.318 e. The van der Waals surface area contributed by atoms with Crippen LogP contribution in [0, 0.1) is 6.92 Å². The van der Waals surface area contributed by atoms with Crippen molar-refractivity contribution in [1.29, 1.82) is 0 Å². The lowest BCUT2D eigenvalue weighted by atomic mass is 10.8. The quantitative estimate of drug-likeness (QED) is 0.608. The van der Waals surface area contributed by atoms with Gasteiger partial charge in [0.2, 0.25) is 0 Å². The van der Waals surface area contributed by atoms with Crippen LogP contribution in [0.1, 0.15) is 5.01 Å². The van der Waals surface area contributed by atoms with Crippen LogP contribution in [0.3, 0.4) is 0 Å². The highest BCUT2D eigenvalue weighted by Crippen LogP contribution is 2.34. The summed E-state index contributed by atoms with van der Waals surface area (Å²) >= 11 is 1.55. The summed E-state index contributed by atoms with van der Waals surface area (Å²) in [5, 5.41) is 2.86. The van der Waals surface area contributed by atoms with E-state index in [2.05, 4.69) is 4.98 Å². The topological polar surface area (TPSA) is 30.0 Å². The van der Waals surface area contributed by atoms with Gasteiger partial charge in [-0.3, -0.25) is 0 Å². The van der Waals surface area contributed by atoms with Crippen LogP contribution in [0.15, 0.2) is 5.38 Å². The van der Waals surface area contributed by atoms with Gasteiger partial charge in [-0.25, -0.2) is 4.98 Å². The number of aryl methyl sites for hydroxylation is 1. The third kappa shape index (κ3) is 1.68. The first-order chi connectivity index (χ1) is 4.50. The molecule has 0 atom stereocenters. The lowest BCUT2D eigenvalue weighted by Gasteiger charge is -1.98. The van der Waals surface area contributed by atoms with E-state index in [1.165, 1.54) is 0 Å². The second kappa shape index (κ2) is 2.48. The molecule has 0 N–H and O–H groups in total. The predicted molar refractivity (Wildman–Crippen MR) is 45.9 cm³/mol. The number of aromatic nitrogens is 1. The monoisotopic (exact) mass is 175 g/mol. The molecular weight excluding hydrogens is 165 g/mol. The zero-order valence-electron chi connectivity index (χ0n) is 6.29. The maximum absolute atomic E-state index is 11.4. The summed E-state index contributed by atoms with van der Waals surface area (Å²) in [6.45, 7) is 5.40. The van der Waals surface area contributed by atoms with Gasteiger partial charge in [0.05, 0.1) is 5.01 Å². The van der Waals surface area contributed by atoms with Gasteiger partial charge in [-0.15, -0.1) is 11.3 Å².